The zero-order valence-corrected chi connectivity index (χ0v) is 22.2. The summed E-state index contributed by atoms with van der Waals surface area (Å²) in [6, 6.07) is 26.5. The number of benzene rings is 3. The minimum Gasteiger partial charge on any atom is -0.473 e. The molecule has 0 unspecified atom stereocenters. The Kier molecular flexibility index (Phi) is 7.20. The maximum Gasteiger partial charge on any atom is 0.333 e. The molecule has 0 atom stereocenters. The first-order chi connectivity index (χ1) is 19.6. The van der Waals surface area contributed by atoms with Crippen LogP contribution in [0.4, 0.5) is 10.1 Å². The minimum absolute atomic E-state index is 0.218. The molecule has 0 spiro atoms. The van der Waals surface area contributed by atoms with E-state index >= 15 is 4.39 Å². The van der Waals surface area contributed by atoms with Crippen LogP contribution in [-0.4, -0.2) is 40.3 Å². The molecule has 0 aliphatic carbocycles. The molecule has 9 heteroatoms. The molecular formula is C31H30FN5O3. The van der Waals surface area contributed by atoms with Crippen molar-refractivity contribution in [3.8, 4) is 17.4 Å². The van der Waals surface area contributed by atoms with Gasteiger partial charge in [0, 0.05) is 39.3 Å². The summed E-state index contributed by atoms with van der Waals surface area (Å²) in [5.74, 6) is 0.159. The Bertz CT molecular complexity index is 1680. The van der Waals surface area contributed by atoms with E-state index in [1.807, 2.05) is 65.6 Å². The first-order valence-corrected chi connectivity index (χ1v) is 13.3. The van der Waals surface area contributed by atoms with Gasteiger partial charge in [-0.25, -0.2) is 9.18 Å². The predicted molar refractivity (Wildman–Crippen MR) is 153 cm³/mol. The van der Waals surface area contributed by atoms with Crippen LogP contribution in [0.3, 0.4) is 0 Å². The Morgan fingerprint density at radius 3 is 2.12 bits per heavy atom. The fraction of sp³-hybridized carbons (Fsp3) is 0.226. The molecule has 0 radical (unpaired) electrons. The lowest BCUT2D eigenvalue weighted by atomic mass is 10.2. The molecule has 40 heavy (non-hydrogen) atoms. The molecular weight excluding hydrogens is 509 g/mol. The standard InChI is InChI=1S/C31H30FN5O3/c1-35-29-25(13-12-24(28(29)32)36-18-16-33-17-19-36)37(31(35)38)26-14-15-27(39-20-22-8-4-2-5-9-22)34-30(26)40-21-23-10-6-3-7-11-23/h2-15,33H,16-21H2,1H3. The van der Waals surface area contributed by atoms with Crippen LogP contribution in [0.1, 0.15) is 11.1 Å². The highest BCUT2D eigenvalue weighted by Gasteiger charge is 2.24. The topological polar surface area (TPSA) is 73.5 Å². The van der Waals surface area contributed by atoms with Crippen LogP contribution in [-0.2, 0) is 20.3 Å². The van der Waals surface area contributed by atoms with Gasteiger partial charge in [-0.2, -0.15) is 4.98 Å². The van der Waals surface area contributed by atoms with Gasteiger partial charge < -0.3 is 19.7 Å². The van der Waals surface area contributed by atoms with Gasteiger partial charge in [-0.15, -0.1) is 0 Å². The van der Waals surface area contributed by atoms with Gasteiger partial charge in [0.1, 0.15) is 24.4 Å². The smallest absolute Gasteiger partial charge is 0.333 e. The second kappa shape index (κ2) is 11.2. The van der Waals surface area contributed by atoms with E-state index in [2.05, 4.69) is 10.3 Å². The quantitative estimate of drug-likeness (QED) is 0.315. The van der Waals surface area contributed by atoms with Crippen LogP contribution in [0.2, 0.25) is 0 Å². The maximum atomic E-state index is 15.9. The molecule has 5 aromatic rings. The van der Waals surface area contributed by atoms with Crippen molar-refractivity contribution in [2.24, 2.45) is 7.05 Å². The van der Waals surface area contributed by atoms with E-state index in [9.17, 15) is 4.79 Å². The summed E-state index contributed by atoms with van der Waals surface area (Å²) in [7, 11) is 1.58. The lowest BCUT2D eigenvalue weighted by molar-refractivity contribution is 0.267. The van der Waals surface area contributed by atoms with Gasteiger partial charge >= 0.3 is 5.69 Å². The third-order valence-electron chi connectivity index (χ3n) is 7.09. The Labute approximate surface area is 231 Å². The number of hydrogen-bond donors (Lipinski definition) is 1. The predicted octanol–water partition coefficient (Wildman–Crippen LogP) is 4.43. The second-order valence-corrected chi connectivity index (χ2v) is 9.70. The summed E-state index contributed by atoms with van der Waals surface area (Å²) >= 11 is 0. The zero-order valence-electron chi connectivity index (χ0n) is 22.2. The second-order valence-electron chi connectivity index (χ2n) is 9.70. The van der Waals surface area contributed by atoms with Crippen LogP contribution in [0.25, 0.3) is 16.7 Å². The zero-order chi connectivity index (χ0) is 27.5. The monoisotopic (exact) mass is 539 g/mol. The molecule has 0 bridgehead atoms. The van der Waals surface area contributed by atoms with Crippen molar-refractivity contribution in [3.05, 3.63) is 112 Å². The number of aryl methyl sites for hydroxylation is 1. The SMILES string of the molecule is Cn1c(=O)n(-c2ccc(OCc3ccccc3)nc2OCc2ccccc2)c2ccc(N3CCNCC3)c(F)c21. The van der Waals surface area contributed by atoms with E-state index in [0.717, 1.165) is 24.2 Å². The third kappa shape index (κ3) is 5.03. The molecule has 1 fully saturated rings. The summed E-state index contributed by atoms with van der Waals surface area (Å²) < 4.78 is 30.8. The highest BCUT2D eigenvalue weighted by molar-refractivity contribution is 5.83. The van der Waals surface area contributed by atoms with Crippen molar-refractivity contribution < 1.29 is 13.9 Å². The molecule has 1 N–H and O–H groups in total. The van der Waals surface area contributed by atoms with Crippen LogP contribution < -0.4 is 25.4 Å². The summed E-state index contributed by atoms with van der Waals surface area (Å²) in [5, 5.41) is 3.29. The first kappa shape index (κ1) is 25.6. The Balaban J connectivity index is 1.41. The molecule has 0 amide bonds. The number of fused-ring (bicyclic) bond motifs is 1. The van der Waals surface area contributed by atoms with Crippen LogP contribution in [0.15, 0.2) is 89.7 Å². The lowest BCUT2D eigenvalue weighted by Gasteiger charge is -2.29. The van der Waals surface area contributed by atoms with Crippen LogP contribution >= 0.6 is 0 Å². The third-order valence-corrected chi connectivity index (χ3v) is 7.09. The number of nitrogens with zero attached hydrogens (tertiary/aromatic N) is 4. The van der Waals surface area contributed by atoms with Crippen LogP contribution in [0, 0.1) is 5.82 Å². The molecule has 0 saturated carbocycles. The van der Waals surface area contributed by atoms with Gasteiger partial charge in [-0.1, -0.05) is 60.7 Å². The number of imidazole rings is 1. The minimum atomic E-state index is -0.416. The number of anilines is 1. The van der Waals surface area contributed by atoms with E-state index in [1.54, 1.807) is 31.3 Å². The molecule has 204 valence electrons. The summed E-state index contributed by atoms with van der Waals surface area (Å²) in [5.41, 5.74) is 3.13. The molecule has 3 aromatic carbocycles. The van der Waals surface area contributed by atoms with Crippen molar-refractivity contribution in [3.63, 3.8) is 0 Å². The van der Waals surface area contributed by atoms with E-state index in [1.165, 1.54) is 9.13 Å². The van der Waals surface area contributed by atoms with Crippen molar-refractivity contribution >= 4 is 16.7 Å². The van der Waals surface area contributed by atoms with Gasteiger partial charge in [0.25, 0.3) is 0 Å². The molecule has 2 aromatic heterocycles. The number of nitrogens with one attached hydrogen (secondary N) is 1. The van der Waals surface area contributed by atoms with E-state index < -0.39 is 11.5 Å². The Hall–Kier alpha value is -4.63. The van der Waals surface area contributed by atoms with Gasteiger partial charge in [-0.3, -0.25) is 9.13 Å². The van der Waals surface area contributed by atoms with Crippen molar-refractivity contribution in [1.82, 2.24) is 19.4 Å². The first-order valence-electron chi connectivity index (χ1n) is 13.3. The average molecular weight is 540 g/mol. The average Bonchev–Trinajstić information content (AvgIpc) is 3.26. The highest BCUT2D eigenvalue weighted by Crippen LogP contribution is 2.31. The summed E-state index contributed by atoms with van der Waals surface area (Å²) in [6.45, 7) is 3.53. The largest absolute Gasteiger partial charge is 0.473 e. The lowest BCUT2D eigenvalue weighted by Crippen LogP contribution is -2.43. The van der Waals surface area contributed by atoms with E-state index in [4.69, 9.17) is 9.47 Å². The number of halogens is 1. The van der Waals surface area contributed by atoms with Gasteiger partial charge in [0.15, 0.2) is 5.82 Å². The number of pyridine rings is 1. The normalized spacial score (nSPS) is 13.5. The number of aromatic nitrogens is 3. The van der Waals surface area contributed by atoms with E-state index in [0.29, 0.717) is 42.5 Å². The number of piperazine rings is 1. The fourth-order valence-electron chi connectivity index (χ4n) is 5.01. The highest BCUT2D eigenvalue weighted by atomic mass is 19.1. The Morgan fingerprint density at radius 1 is 0.825 bits per heavy atom. The number of ether oxygens (including phenoxy) is 2. The molecule has 6 rings (SSSR count). The van der Waals surface area contributed by atoms with Crippen molar-refractivity contribution in [2.45, 2.75) is 13.2 Å². The molecule has 8 nitrogen and oxygen atoms in total. The molecule has 1 saturated heterocycles. The Morgan fingerprint density at radius 2 is 1.45 bits per heavy atom. The van der Waals surface area contributed by atoms with Gasteiger partial charge in [0.2, 0.25) is 11.8 Å². The molecule has 1 aliphatic heterocycles. The molecule has 1 aliphatic rings. The number of rotatable bonds is 8. The van der Waals surface area contributed by atoms with Gasteiger partial charge in [-0.05, 0) is 29.3 Å². The van der Waals surface area contributed by atoms with Crippen molar-refractivity contribution in [1.29, 1.82) is 0 Å². The summed E-state index contributed by atoms with van der Waals surface area (Å²) in [4.78, 5) is 20.2. The van der Waals surface area contributed by atoms with Gasteiger partial charge in [0.05, 0.1) is 11.2 Å². The fourth-order valence-corrected chi connectivity index (χ4v) is 5.01. The molecule has 3 heterocycles. The van der Waals surface area contributed by atoms with Crippen molar-refractivity contribution in [2.75, 3.05) is 31.1 Å². The van der Waals surface area contributed by atoms with Crippen LogP contribution in [0.5, 0.6) is 11.8 Å². The number of hydrogen-bond acceptors (Lipinski definition) is 6. The van der Waals surface area contributed by atoms with E-state index in [-0.39, 0.29) is 18.0 Å². The summed E-state index contributed by atoms with van der Waals surface area (Å²) in [6.07, 6.45) is 0. The maximum absolute atomic E-state index is 15.9.